The molecule has 0 radical (unpaired) electrons. The average Bonchev–Trinajstić information content (AvgIpc) is 2.97. The Balaban J connectivity index is 1.52. The molecular weight excluding hydrogens is 388 g/mol. The molecule has 2 aromatic carbocycles. The molecule has 27 heavy (non-hydrogen) atoms. The minimum absolute atomic E-state index is 0.120. The molecule has 1 fully saturated rings. The second-order valence-corrected chi connectivity index (χ2v) is 7.23. The predicted molar refractivity (Wildman–Crippen MR) is 105 cm³/mol. The van der Waals surface area contributed by atoms with Crippen LogP contribution < -0.4 is 15.4 Å². The van der Waals surface area contributed by atoms with Crippen LogP contribution in [0.4, 0.5) is 4.79 Å². The number of hydrogen-bond donors (Lipinski definition) is 3. The highest BCUT2D eigenvalue weighted by atomic mass is 35.5. The summed E-state index contributed by atoms with van der Waals surface area (Å²) in [5.41, 5.74) is 1.70. The second-order valence-electron chi connectivity index (χ2n) is 5.75. The molecule has 1 unspecified atom stereocenters. The van der Waals surface area contributed by atoms with Gasteiger partial charge in [0, 0.05) is 16.5 Å². The zero-order valence-electron chi connectivity index (χ0n) is 14.1. The Labute approximate surface area is 165 Å². The Kier molecular flexibility index (Phi) is 6.39. The summed E-state index contributed by atoms with van der Waals surface area (Å²) in [5.74, 6) is 0.271. The number of amides is 2. The van der Waals surface area contributed by atoms with Gasteiger partial charge in [0.25, 0.3) is 11.1 Å². The van der Waals surface area contributed by atoms with E-state index in [-0.39, 0.29) is 17.8 Å². The maximum atomic E-state index is 11.9. The molecular formula is C19H17ClN2O4S. The molecule has 1 saturated heterocycles. The first kappa shape index (κ1) is 19.3. The van der Waals surface area contributed by atoms with Gasteiger partial charge in [0.05, 0.1) is 0 Å². The Morgan fingerprint density at radius 2 is 2.07 bits per heavy atom. The van der Waals surface area contributed by atoms with Gasteiger partial charge in [-0.05, 0) is 53.2 Å². The smallest absolute Gasteiger partial charge is 0.285 e. The van der Waals surface area contributed by atoms with Crippen molar-refractivity contribution in [2.24, 2.45) is 0 Å². The molecule has 8 heteroatoms. The summed E-state index contributed by atoms with van der Waals surface area (Å²) in [7, 11) is 0. The van der Waals surface area contributed by atoms with Crippen LogP contribution in [0.15, 0.2) is 53.4 Å². The van der Waals surface area contributed by atoms with Crippen LogP contribution in [-0.2, 0) is 11.3 Å². The number of ether oxygens (including phenoxy) is 1. The Bertz CT molecular complexity index is 870. The Hall–Kier alpha value is -2.48. The number of nitrogens with one attached hydrogen (secondary N) is 2. The van der Waals surface area contributed by atoms with Gasteiger partial charge in [-0.15, -0.1) is 0 Å². The van der Waals surface area contributed by atoms with Crippen LogP contribution in [0.3, 0.4) is 0 Å². The van der Waals surface area contributed by atoms with E-state index < -0.39 is 6.23 Å². The highest BCUT2D eigenvalue weighted by molar-refractivity contribution is 8.17. The summed E-state index contributed by atoms with van der Waals surface area (Å²) in [5, 5.41) is 15.2. The van der Waals surface area contributed by atoms with Crippen molar-refractivity contribution < 1.29 is 19.4 Å². The van der Waals surface area contributed by atoms with Crippen molar-refractivity contribution in [2.75, 3.05) is 6.61 Å². The summed E-state index contributed by atoms with van der Waals surface area (Å²) < 4.78 is 5.51. The number of aliphatic hydroxyl groups is 1. The fourth-order valence-electron chi connectivity index (χ4n) is 2.34. The monoisotopic (exact) mass is 404 g/mol. The lowest BCUT2D eigenvalue weighted by Crippen LogP contribution is -2.28. The van der Waals surface area contributed by atoms with Crippen LogP contribution >= 0.6 is 23.4 Å². The van der Waals surface area contributed by atoms with Crippen LogP contribution in [0, 0.1) is 0 Å². The standard InChI is InChI=1S/C19H17ClN2O4S/c20-14-6-4-12(5-7-14)10-21-17(23)11-26-15-3-1-2-13(8-15)9-16-18(24)22-19(25)27-16/h1-9,18,24H,10-11H2,(H,21,23)(H,22,25)/b16-9-. The van der Waals surface area contributed by atoms with Gasteiger partial charge in [0.1, 0.15) is 5.75 Å². The number of carbonyl (C=O) groups is 2. The van der Waals surface area contributed by atoms with Crippen molar-refractivity contribution >= 4 is 40.6 Å². The minimum atomic E-state index is -0.995. The van der Waals surface area contributed by atoms with Crippen LogP contribution in [0.5, 0.6) is 5.75 Å². The van der Waals surface area contributed by atoms with Crippen LogP contribution in [-0.4, -0.2) is 29.1 Å². The molecule has 0 aromatic heterocycles. The fraction of sp³-hybridized carbons (Fsp3) is 0.158. The lowest BCUT2D eigenvalue weighted by atomic mass is 10.2. The van der Waals surface area contributed by atoms with Gasteiger partial charge in [0.15, 0.2) is 12.8 Å². The summed E-state index contributed by atoms with van der Waals surface area (Å²) >= 11 is 6.77. The molecule has 0 saturated carbocycles. The molecule has 1 heterocycles. The quantitative estimate of drug-likeness (QED) is 0.688. The van der Waals surface area contributed by atoms with Crippen molar-refractivity contribution in [2.45, 2.75) is 12.8 Å². The third kappa shape index (κ3) is 5.75. The van der Waals surface area contributed by atoms with Gasteiger partial charge in [-0.2, -0.15) is 0 Å². The van der Waals surface area contributed by atoms with Gasteiger partial charge in [-0.1, -0.05) is 35.9 Å². The maximum Gasteiger partial charge on any atom is 0.285 e. The first-order valence-corrected chi connectivity index (χ1v) is 9.31. The number of hydrogen-bond acceptors (Lipinski definition) is 5. The number of carbonyl (C=O) groups excluding carboxylic acids is 2. The summed E-state index contributed by atoms with van der Waals surface area (Å²) in [6.45, 7) is 0.271. The molecule has 2 aromatic rings. The highest BCUT2D eigenvalue weighted by Crippen LogP contribution is 2.29. The van der Waals surface area contributed by atoms with Crippen molar-refractivity contribution in [3.8, 4) is 5.75 Å². The molecule has 1 aliphatic heterocycles. The van der Waals surface area contributed by atoms with E-state index in [4.69, 9.17) is 16.3 Å². The molecule has 0 spiro atoms. The normalized spacial score (nSPS) is 17.6. The number of aliphatic hydroxyl groups excluding tert-OH is 1. The summed E-state index contributed by atoms with van der Waals surface area (Å²) in [4.78, 5) is 23.7. The van der Waals surface area contributed by atoms with Gasteiger partial charge in [0.2, 0.25) is 0 Å². The van der Waals surface area contributed by atoms with Crippen LogP contribution in [0.1, 0.15) is 11.1 Å². The molecule has 6 nitrogen and oxygen atoms in total. The Morgan fingerprint density at radius 1 is 1.30 bits per heavy atom. The van der Waals surface area contributed by atoms with E-state index in [1.807, 2.05) is 18.2 Å². The molecule has 0 aliphatic carbocycles. The molecule has 1 atom stereocenters. The van der Waals surface area contributed by atoms with E-state index in [2.05, 4.69) is 10.6 Å². The lowest BCUT2D eigenvalue weighted by Gasteiger charge is -2.09. The molecule has 2 amide bonds. The zero-order valence-corrected chi connectivity index (χ0v) is 15.7. The van der Waals surface area contributed by atoms with Gasteiger partial charge >= 0.3 is 0 Å². The van der Waals surface area contributed by atoms with Crippen LogP contribution in [0.25, 0.3) is 6.08 Å². The van der Waals surface area contributed by atoms with Gasteiger partial charge < -0.3 is 20.5 Å². The van der Waals surface area contributed by atoms with E-state index >= 15 is 0 Å². The third-order valence-corrected chi connectivity index (χ3v) is 4.81. The van der Waals surface area contributed by atoms with Crippen molar-refractivity contribution in [1.82, 2.24) is 10.6 Å². The topological polar surface area (TPSA) is 87.7 Å². The number of thioether (sulfide) groups is 1. The molecule has 3 N–H and O–H groups in total. The van der Waals surface area contributed by atoms with E-state index in [1.165, 1.54) is 0 Å². The number of benzene rings is 2. The van der Waals surface area contributed by atoms with Crippen molar-refractivity contribution in [3.63, 3.8) is 0 Å². The average molecular weight is 405 g/mol. The zero-order chi connectivity index (χ0) is 19.2. The third-order valence-electron chi connectivity index (χ3n) is 3.67. The number of rotatable bonds is 6. The minimum Gasteiger partial charge on any atom is -0.484 e. The van der Waals surface area contributed by atoms with Crippen molar-refractivity contribution in [3.05, 3.63) is 69.6 Å². The fourth-order valence-corrected chi connectivity index (χ4v) is 3.22. The first-order valence-electron chi connectivity index (χ1n) is 8.11. The van der Waals surface area contributed by atoms with E-state index in [0.717, 1.165) is 22.9 Å². The molecule has 1 aliphatic rings. The van der Waals surface area contributed by atoms with Crippen LogP contribution in [0.2, 0.25) is 5.02 Å². The predicted octanol–water partition coefficient (Wildman–Crippen LogP) is 3.15. The molecule has 3 rings (SSSR count). The molecule has 0 bridgehead atoms. The molecule has 140 valence electrons. The maximum absolute atomic E-state index is 11.9. The SMILES string of the molecule is O=C(COc1cccc(/C=C2\SC(=O)NC2O)c1)NCc1ccc(Cl)cc1. The van der Waals surface area contributed by atoms with E-state index in [9.17, 15) is 14.7 Å². The van der Waals surface area contributed by atoms with Gasteiger partial charge in [-0.25, -0.2) is 0 Å². The van der Waals surface area contributed by atoms with E-state index in [1.54, 1.807) is 36.4 Å². The van der Waals surface area contributed by atoms with Gasteiger partial charge in [-0.3, -0.25) is 9.59 Å². The van der Waals surface area contributed by atoms with Crippen molar-refractivity contribution in [1.29, 1.82) is 0 Å². The first-order chi connectivity index (χ1) is 13.0. The Morgan fingerprint density at radius 3 is 2.78 bits per heavy atom. The van der Waals surface area contributed by atoms with E-state index in [0.29, 0.717) is 22.2 Å². The highest BCUT2D eigenvalue weighted by Gasteiger charge is 2.25. The summed E-state index contributed by atoms with van der Waals surface area (Å²) in [6, 6.07) is 14.3. The number of halogens is 1. The largest absolute Gasteiger partial charge is 0.484 e. The lowest BCUT2D eigenvalue weighted by molar-refractivity contribution is -0.123. The summed E-state index contributed by atoms with van der Waals surface area (Å²) in [6.07, 6.45) is 0.700. The second kappa shape index (κ2) is 8.94.